The number of H-pyrrole nitrogens is 1. The number of nitrogens with zero attached hydrogens (tertiary/aromatic N) is 2. The first-order valence-electron chi connectivity index (χ1n) is 6.06. The van der Waals surface area contributed by atoms with Crippen LogP contribution in [0.5, 0.6) is 0 Å². The second-order valence-electron chi connectivity index (χ2n) is 4.19. The Morgan fingerprint density at radius 1 is 1.47 bits per heavy atom. The van der Waals surface area contributed by atoms with E-state index in [0.29, 0.717) is 12.1 Å². The van der Waals surface area contributed by atoms with Gasteiger partial charge in [0.25, 0.3) is 5.91 Å². The Balaban J connectivity index is 1.58. The molecule has 1 amide bonds. The Labute approximate surface area is 101 Å². The molecule has 0 unspecified atom stereocenters. The van der Waals surface area contributed by atoms with E-state index < -0.39 is 0 Å². The van der Waals surface area contributed by atoms with Gasteiger partial charge in [0.2, 0.25) is 0 Å². The molecule has 1 aliphatic heterocycles. The third-order valence-corrected chi connectivity index (χ3v) is 2.91. The Morgan fingerprint density at radius 2 is 2.29 bits per heavy atom. The van der Waals surface area contributed by atoms with E-state index in [1.807, 2.05) is 0 Å². The van der Waals surface area contributed by atoms with Gasteiger partial charge in [0.1, 0.15) is 0 Å². The van der Waals surface area contributed by atoms with Gasteiger partial charge in [-0.2, -0.15) is 5.10 Å². The van der Waals surface area contributed by atoms with Crippen LogP contribution < -0.4 is 10.6 Å². The molecule has 6 heteroatoms. The minimum absolute atomic E-state index is 0.0564. The lowest BCUT2D eigenvalue weighted by molar-refractivity contribution is 0.0951. The van der Waals surface area contributed by atoms with Crippen molar-refractivity contribution in [3.8, 4) is 0 Å². The Morgan fingerprint density at radius 3 is 3.00 bits per heavy atom. The highest BCUT2D eigenvalue weighted by Gasteiger charge is 2.09. The highest BCUT2D eigenvalue weighted by Crippen LogP contribution is 1.95. The molecule has 17 heavy (non-hydrogen) atoms. The van der Waals surface area contributed by atoms with Crippen LogP contribution in [0, 0.1) is 0 Å². The van der Waals surface area contributed by atoms with Crippen LogP contribution >= 0.6 is 0 Å². The molecule has 0 atom stereocenters. The highest BCUT2D eigenvalue weighted by molar-refractivity contribution is 5.93. The maximum absolute atomic E-state index is 11.6. The van der Waals surface area contributed by atoms with Crippen LogP contribution in [0.1, 0.15) is 16.8 Å². The second-order valence-corrected chi connectivity index (χ2v) is 4.19. The van der Waals surface area contributed by atoms with Crippen molar-refractivity contribution in [2.75, 3.05) is 39.3 Å². The molecule has 6 nitrogen and oxygen atoms in total. The summed E-state index contributed by atoms with van der Waals surface area (Å²) in [6.07, 6.45) is 4.13. The Kier molecular flexibility index (Phi) is 4.52. The molecule has 94 valence electrons. The SMILES string of the molecule is O=C(NCCCN1CCNCC1)c1cn[nH]c1. The number of carbonyl (C=O) groups excluding carboxylic acids is 1. The summed E-state index contributed by atoms with van der Waals surface area (Å²) < 4.78 is 0. The van der Waals surface area contributed by atoms with Crippen LogP contribution in [0.2, 0.25) is 0 Å². The quantitative estimate of drug-likeness (QED) is 0.600. The highest BCUT2D eigenvalue weighted by atomic mass is 16.1. The molecule has 1 fully saturated rings. The van der Waals surface area contributed by atoms with Gasteiger partial charge in [-0.15, -0.1) is 0 Å². The molecule has 0 aliphatic carbocycles. The molecule has 1 aromatic rings. The average molecular weight is 237 g/mol. The molecule has 1 aromatic heterocycles. The summed E-state index contributed by atoms with van der Waals surface area (Å²) in [4.78, 5) is 14.0. The fourth-order valence-corrected chi connectivity index (χ4v) is 1.92. The molecular formula is C11H19N5O. The largest absolute Gasteiger partial charge is 0.352 e. The van der Waals surface area contributed by atoms with Gasteiger partial charge in [-0.1, -0.05) is 0 Å². The first kappa shape index (κ1) is 12.1. The van der Waals surface area contributed by atoms with E-state index in [1.165, 1.54) is 6.20 Å². The smallest absolute Gasteiger partial charge is 0.254 e. The van der Waals surface area contributed by atoms with E-state index in [0.717, 1.165) is 39.1 Å². The number of piperazine rings is 1. The Bertz CT molecular complexity index is 332. The zero-order chi connectivity index (χ0) is 11.9. The molecule has 0 bridgehead atoms. The molecule has 0 aromatic carbocycles. The molecule has 2 heterocycles. The summed E-state index contributed by atoms with van der Waals surface area (Å²) in [6.45, 7) is 6.12. The standard InChI is InChI=1S/C11H19N5O/c17-11(10-8-14-15-9-10)13-2-1-5-16-6-3-12-4-7-16/h8-9,12H,1-7H2,(H,13,17)(H,14,15). The number of hydrogen-bond acceptors (Lipinski definition) is 4. The monoisotopic (exact) mass is 237 g/mol. The van der Waals surface area contributed by atoms with Gasteiger partial charge in [-0.05, 0) is 13.0 Å². The summed E-state index contributed by atoms with van der Waals surface area (Å²) in [5.74, 6) is -0.0564. The van der Waals surface area contributed by atoms with Crippen molar-refractivity contribution >= 4 is 5.91 Å². The summed E-state index contributed by atoms with van der Waals surface area (Å²) in [7, 11) is 0. The van der Waals surface area contributed by atoms with Crippen molar-refractivity contribution in [3.63, 3.8) is 0 Å². The van der Waals surface area contributed by atoms with Crippen molar-refractivity contribution in [3.05, 3.63) is 18.0 Å². The Hall–Kier alpha value is -1.40. The average Bonchev–Trinajstić information content (AvgIpc) is 2.89. The molecule has 3 N–H and O–H groups in total. The molecule has 0 spiro atoms. The van der Waals surface area contributed by atoms with Gasteiger partial charge in [-0.25, -0.2) is 0 Å². The van der Waals surface area contributed by atoms with E-state index >= 15 is 0 Å². The number of nitrogens with one attached hydrogen (secondary N) is 3. The minimum Gasteiger partial charge on any atom is -0.352 e. The third-order valence-electron chi connectivity index (χ3n) is 2.91. The number of carbonyl (C=O) groups is 1. The second kappa shape index (κ2) is 6.36. The number of amides is 1. The molecule has 0 saturated carbocycles. The van der Waals surface area contributed by atoms with Gasteiger partial charge in [0, 0.05) is 38.9 Å². The van der Waals surface area contributed by atoms with Crippen molar-refractivity contribution in [1.82, 2.24) is 25.7 Å². The molecule has 0 radical (unpaired) electrons. The first-order valence-corrected chi connectivity index (χ1v) is 6.06. The van der Waals surface area contributed by atoms with E-state index in [9.17, 15) is 4.79 Å². The maximum Gasteiger partial charge on any atom is 0.254 e. The number of hydrogen-bond donors (Lipinski definition) is 3. The summed E-state index contributed by atoms with van der Waals surface area (Å²) >= 11 is 0. The van der Waals surface area contributed by atoms with E-state index in [-0.39, 0.29) is 5.91 Å². The number of aromatic nitrogens is 2. The van der Waals surface area contributed by atoms with E-state index in [1.54, 1.807) is 6.20 Å². The zero-order valence-electron chi connectivity index (χ0n) is 9.91. The lowest BCUT2D eigenvalue weighted by Gasteiger charge is -2.27. The van der Waals surface area contributed by atoms with Crippen LogP contribution in [0.15, 0.2) is 12.4 Å². The van der Waals surface area contributed by atoms with Crippen LogP contribution in [-0.4, -0.2) is 60.3 Å². The van der Waals surface area contributed by atoms with Crippen LogP contribution in [0.25, 0.3) is 0 Å². The molecule has 1 saturated heterocycles. The van der Waals surface area contributed by atoms with Crippen LogP contribution in [0.3, 0.4) is 0 Å². The lowest BCUT2D eigenvalue weighted by atomic mass is 10.3. The van der Waals surface area contributed by atoms with Crippen LogP contribution in [-0.2, 0) is 0 Å². The predicted octanol–water partition coefficient (Wildman–Crippen LogP) is -0.565. The number of aromatic amines is 1. The molecular weight excluding hydrogens is 218 g/mol. The van der Waals surface area contributed by atoms with Gasteiger partial charge in [-0.3, -0.25) is 9.89 Å². The van der Waals surface area contributed by atoms with Gasteiger partial charge in [0.15, 0.2) is 0 Å². The normalized spacial score (nSPS) is 16.9. The summed E-state index contributed by atoms with van der Waals surface area (Å²) in [6, 6.07) is 0. The topological polar surface area (TPSA) is 73.1 Å². The molecule has 2 rings (SSSR count). The van der Waals surface area contributed by atoms with Gasteiger partial charge in [0.05, 0.1) is 11.8 Å². The van der Waals surface area contributed by atoms with Crippen molar-refractivity contribution in [2.45, 2.75) is 6.42 Å². The summed E-state index contributed by atoms with van der Waals surface area (Å²) in [5, 5.41) is 12.6. The minimum atomic E-state index is -0.0564. The lowest BCUT2D eigenvalue weighted by Crippen LogP contribution is -2.44. The van der Waals surface area contributed by atoms with Crippen molar-refractivity contribution in [1.29, 1.82) is 0 Å². The summed E-state index contributed by atoms with van der Waals surface area (Å²) in [5.41, 5.74) is 0.590. The van der Waals surface area contributed by atoms with E-state index in [2.05, 4.69) is 25.7 Å². The fourth-order valence-electron chi connectivity index (χ4n) is 1.92. The van der Waals surface area contributed by atoms with Crippen LogP contribution in [0.4, 0.5) is 0 Å². The first-order chi connectivity index (χ1) is 8.36. The van der Waals surface area contributed by atoms with Gasteiger partial charge < -0.3 is 15.5 Å². The maximum atomic E-state index is 11.6. The van der Waals surface area contributed by atoms with E-state index in [4.69, 9.17) is 0 Å². The third kappa shape index (κ3) is 3.83. The van der Waals surface area contributed by atoms with Crippen molar-refractivity contribution in [2.24, 2.45) is 0 Å². The van der Waals surface area contributed by atoms with Crippen molar-refractivity contribution < 1.29 is 4.79 Å². The molecule has 1 aliphatic rings. The zero-order valence-corrected chi connectivity index (χ0v) is 9.91. The van der Waals surface area contributed by atoms with Gasteiger partial charge >= 0.3 is 0 Å². The number of rotatable bonds is 5. The fraction of sp³-hybridized carbons (Fsp3) is 0.636. The predicted molar refractivity (Wildman–Crippen MR) is 64.8 cm³/mol.